The van der Waals surface area contributed by atoms with Gasteiger partial charge in [-0.15, -0.1) is 0 Å². The highest BCUT2D eigenvalue weighted by molar-refractivity contribution is 9.10. The maximum atomic E-state index is 11.8. The van der Waals surface area contributed by atoms with Gasteiger partial charge in [-0.1, -0.05) is 0 Å². The van der Waals surface area contributed by atoms with Crippen molar-refractivity contribution in [2.75, 3.05) is 12.9 Å². The smallest absolute Gasteiger partial charge is 0.256 e. The summed E-state index contributed by atoms with van der Waals surface area (Å²) in [5, 5.41) is 11.9. The zero-order valence-corrected chi connectivity index (χ0v) is 11.5. The number of carbonyl (C=O) groups is 1. The van der Waals surface area contributed by atoms with Gasteiger partial charge in [0, 0.05) is 11.3 Å². The molecular weight excluding hydrogens is 294 g/mol. The molecule has 0 fully saturated rings. The lowest BCUT2D eigenvalue weighted by Gasteiger charge is -2.20. The van der Waals surface area contributed by atoms with Crippen LogP contribution in [-0.2, 0) is 0 Å². The number of halogens is 1. The van der Waals surface area contributed by atoms with Crippen LogP contribution in [0.5, 0.6) is 0 Å². The Bertz CT molecular complexity index is 352. The fourth-order valence-corrected chi connectivity index (χ4v) is 2.32. The lowest BCUT2D eigenvalue weighted by atomic mass is 10.2. The molecule has 1 aromatic rings. The van der Waals surface area contributed by atoms with Crippen molar-refractivity contribution in [2.45, 2.75) is 18.2 Å². The molecule has 4 nitrogen and oxygen atoms in total. The minimum Gasteiger partial charge on any atom is -0.457 e. The van der Waals surface area contributed by atoms with Crippen LogP contribution >= 0.6 is 27.7 Å². The van der Waals surface area contributed by atoms with Crippen LogP contribution < -0.4 is 5.32 Å². The molecule has 90 valence electrons. The number of thioether (sulfide) groups is 1. The van der Waals surface area contributed by atoms with Crippen LogP contribution in [0.3, 0.4) is 0 Å². The molecule has 2 unspecified atom stereocenters. The Balaban J connectivity index is 2.61. The molecule has 0 spiro atoms. The van der Waals surface area contributed by atoms with E-state index in [-0.39, 0.29) is 23.8 Å². The largest absolute Gasteiger partial charge is 0.457 e. The second-order valence-electron chi connectivity index (χ2n) is 3.33. The second-order valence-corrected chi connectivity index (χ2v) is 5.12. The predicted octanol–water partition coefficient (Wildman–Crippen LogP) is 1.88. The number of furan rings is 1. The lowest BCUT2D eigenvalue weighted by Crippen LogP contribution is -2.41. The molecule has 0 radical (unpaired) electrons. The molecule has 1 rings (SSSR count). The van der Waals surface area contributed by atoms with Gasteiger partial charge in [0.25, 0.3) is 5.91 Å². The van der Waals surface area contributed by atoms with Crippen molar-refractivity contribution in [3.05, 3.63) is 22.6 Å². The summed E-state index contributed by atoms with van der Waals surface area (Å²) in [6, 6.07) is 1.49. The number of nitrogens with one attached hydrogen (secondary N) is 1. The standard InChI is InChI=1S/C10H14BrNO3S/c1-6(8(5-13)16-2)12-10(14)7-3-4-15-9(7)11/h3-4,6,8,13H,5H2,1-2H3,(H,12,14). The molecule has 2 N–H and O–H groups in total. The summed E-state index contributed by atoms with van der Waals surface area (Å²) in [5.74, 6) is -0.208. The highest BCUT2D eigenvalue weighted by Gasteiger charge is 2.20. The van der Waals surface area contributed by atoms with Crippen molar-refractivity contribution in [1.29, 1.82) is 0 Å². The Morgan fingerprint density at radius 3 is 2.88 bits per heavy atom. The summed E-state index contributed by atoms with van der Waals surface area (Å²) in [5.41, 5.74) is 0.463. The van der Waals surface area contributed by atoms with Crippen LogP contribution in [0, 0.1) is 0 Å². The van der Waals surface area contributed by atoms with Crippen molar-refractivity contribution in [2.24, 2.45) is 0 Å². The Morgan fingerprint density at radius 1 is 1.75 bits per heavy atom. The summed E-state index contributed by atoms with van der Waals surface area (Å²) in [6.07, 6.45) is 3.35. The summed E-state index contributed by atoms with van der Waals surface area (Å²) >= 11 is 4.67. The Hall–Kier alpha value is -0.460. The van der Waals surface area contributed by atoms with Crippen molar-refractivity contribution in [3.63, 3.8) is 0 Å². The summed E-state index contributed by atoms with van der Waals surface area (Å²) in [4.78, 5) is 11.8. The first-order valence-electron chi connectivity index (χ1n) is 4.77. The van der Waals surface area contributed by atoms with Crippen molar-refractivity contribution >= 4 is 33.6 Å². The maximum absolute atomic E-state index is 11.8. The van der Waals surface area contributed by atoms with Gasteiger partial charge in [-0.3, -0.25) is 4.79 Å². The van der Waals surface area contributed by atoms with E-state index in [1.165, 1.54) is 18.0 Å². The van der Waals surface area contributed by atoms with Gasteiger partial charge in [-0.05, 0) is 35.2 Å². The van der Waals surface area contributed by atoms with Crippen molar-refractivity contribution < 1.29 is 14.3 Å². The summed E-state index contributed by atoms with van der Waals surface area (Å²) < 4.78 is 5.40. The number of aliphatic hydroxyl groups excluding tert-OH is 1. The average Bonchev–Trinajstić information content (AvgIpc) is 2.66. The number of carbonyl (C=O) groups excluding carboxylic acids is 1. The molecule has 1 amide bonds. The maximum Gasteiger partial charge on any atom is 0.256 e. The quantitative estimate of drug-likeness (QED) is 0.872. The molecule has 0 saturated heterocycles. The van der Waals surface area contributed by atoms with Gasteiger partial charge in [0.15, 0.2) is 4.67 Å². The highest BCUT2D eigenvalue weighted by Crippen LogP contribution is 2.18. The monoisotopic (exact) mass is 307 g/mol. The fourth-order valence-electron chi connectivity index (χ4n) is 1.27. The molecule has 1 aromatic heterocycles. The van der Waals surface area contributed by atoms with E-state index in [0.717, 1.165) is 0 Å². The molecule has 2 atom stereocenters. The van der Waals surface area contributed by atoms with Crippen molar-refractivity contribution in [1.82, 2.24) is 5.32 Å². The molecule has 0 saturated carbocycles. The van der Waals surface area contributed by atoms with E-state index in [1.807, 2.05) is 13.2 Å². The van der Waals surface area contributed by atoms with E-state index < -0.39 is 0 Å². The third-order valence-corrected chi connectivity index (χ3v) is 4.04. The van der Waals surface area contributed by atoms with Gasteiger partial charge in [0.05, 0.1) is 18.4 Å². The van der Waals surface area contributed by atoms with Crippen LogP contribution in [-0.4, -0.2) is 35.2 Å². The highest BCUT2D eigenvalue weighted by atomic mass is 79.9. The minimum atomic E-state index is -0.208. The minimum absolute atomic E-state index is 0.00498. The number of hydrogen-bond donors (Lipinski definition) is 2. The van der Waals surface area contributed by atoms with Gasteiger partial charge in [0.2, 0.25) is 0 Å². The third-order valence-electron chi connectivity index (χ3n) is 2.26. The molecule has 1 heterocycles. The molecule has 0 aromatic carbocycles. The first kappa shape index (κ1) is 13.6. The number of aliphatic hydroxyl groups is 1. The zero-order chi connectivity index (χ0) is 12.1. The van der Waals surface area contributed by atoms with Gasteiger partial charge in [-0.2, -0.15) is 11.8 Å². The molecule has 0 aliphatic rings. The number of amides is 1. The Labute approximate surface area is 107 Å². The first-order valence-corrected chi connectivity index (χ1v) is 6.85. The van der Waals surface area contributed by atoms with E-state index in [2.05, 4.69) is 21.2 Å². The number of rotatable bonds is 5. The van der Waals surface area contributed by atoms with E-state index in [4.69, 9.17) is 9.52 Å². The topological polar surface area (TPSA) is 62.5 Å². The molecule has 16 heavy (non-hydrogen) atoms. The van der Waals surface area contributed by atoms with Crippen LogP contribution in [0.4, 0.5) is 0 Å². The zero-order valence-electron chi connectivity index (χ0n) is 9.07. The predicted molar refractivity (Wildman–Crippen MR) is 67.7 cm³/mol. The van der Waals surface area contributed by atoms with Gasteiger partial charge in [-0.25, -0.2) is 0 Å². The summed E-state index contributed by atoms with van der Waals surface area (Å²) in [6.45, 7) is 1.90. The van der Waals surface area contributed by atoms with Crippen LogP contribution in [0.1, 0.15) is 17.3 Å². The van der Waals surface area contributed by atoms with Crippen LogP contribution in [0.15, 0.2) is 21.4 Å². The average molecular weight is 308 g/mol. The van der Waals surface area contributed by atoms with Crippen molar-refractivity contribution in [3.8, 4) is 0 Å². The summed E-state index contributed by atoms with van der Waals surface area (Å²) in [7, 11) is 0. The molecule has 0 aliphatic carbocycles. The first-order chi connectivity index (χ1) is 7.60. The Kier molecular flexibility index (Phi) is 5.37. The van der Waals surface area contributed by atoms with E-state index in [9.17, 15) is 4.79 Å². The lowest BCUT2D eigenvalue weighted by molar-refractivity contribution is 0.0934. The van der Waals surface area contributed by atoms with Gasteiger partial charge < -0.3 is 14.8 Å². The SMILES string of the molecule is CSC(CO)C(C)NC(=O)c1ccoc1Br. The molecule has 6 heteroatoms. The third kappa shape index (κ3) is 3.26. The number of hydrogen-bond acceptors (Lipinski definition) is 4. The van der Waals surface area contributed by atoms with Crippen LogP contribution in [0.2, 0.25) is 0 Å². The van der Waals surface area contributed by atoms with Gasteiger partial charge in [0.1, 0.15) is 0 Å². The van der Waals surface area contributed by atoms with Crippen LogP contribution in [0.25, 0.3) is 0 Å². The normalized spacial score (nSPS) is 14.5. The molecular formula is C10H14BrNO3S. The fraction of sp³-hybridized carbons (Fsp3) is 0.500. The van der Waals surface area contributed by atoms with E-state index in [0.29, 0.717) is 10.2 Å². The Morgan fingerprint density at radius 2 is 2.44 bits per heavy atom. The molecule has 0 bridgehead atoms. The molecule has 0 aliphatic heterocycles. The van der Waals surface area contributed by atoms with E-state index in [1.54, 1.807) is 6.07 Å². The van der Waals surface area contributed by atoms with Gasteiger partial charge >= 0.3 is 0 Å². The second kappa shape index (κ2) is 6.32. The van der Waals surface area contributed by atoms with E-state index >= 15 is 0 Å².